The molecule has 92 valence electrons. The molecular formula is C11H10N4O3. The number of nitrogens with two attached hydrogens (primary N) is 1. The van der Waals surface area contributed by atoms with Crippen LogP contribution in [0.2, 0.25) is 0 Å². The number of nitrogens with zero attached hydrogens (tertiary/aromatic N) is 2. The molecule has 0 saturated carbocycles. The Morgan fingerprint density at radius 3 is 2.89 bits per heavy atom. The predicted octanol–water partition coefficient (Wildman–Crippen LogP) is -0.0606. The lowest BCUT2D eigenvalue weighted by Gasteiger charge is -2.03. The van der Waals surface area contributed by atoms with Crippen LogP contribution in [0.4, 0.5) is 0 Å². The molecule has 18 heavy (non-hydrogen) atoms. The van der Waals surface area contributed by atoms with E-state index < -0.39 is 11.5 Å². The highest BCUT2D eigenvalue weighted by atomic mass is 16.5. The van der Waals surface area contributed by atoms with Crippen LogP contribution in [0.1, 0.15) is 10.4 Å². The third-order valence-electron chi connectivity index (χ3n) is 2.29. The summed E-state index contributed by atoms with van der Waals surface area (Å²) in [5.41, 5.74) is 5.42. The van der Waals surface area contributed by atoms with Gasteiger partial charge < -0.3 is 15.5 Å². The van der Waals surface area contributed by atoms with E-state index in [4.69, 9.17) is 10.5 Å². The summed E-state index contributed by atoms with van der Waals surface area (Å²) in [7, 11) is 1.47. The van der Waals surface area contributed by atoms with E-state index in [0.717, 1.165) is 0 Å². The molecule has 0 aliphatic heterocycles. The number of rotatable bonds is 3. The van der Waals surface area contributed by atoms with E-state index in [9.17, 15) is 9.59 Å². The number of ether oxygens (including phenoxy) is 1. The van der Waals surface area contributed by atoms with Crippen LogP contribution in [0.5, 0.6) is 5.88 Å². The van der Waals surface area contributed by atoms with Crippen molar-refractivity contribution in [3.05, 3.63) is 40.6 Å². The van der Waals surface area contributed by atoms with E-state index in [1.54, 1.807) is 0 Å². The highest BCUT2D eigenvalue weighted by Gasteiger charge is 2.10. The second-order valence-corrected chi connectivity index (χ2v) is 3.44. The highest BCUT2D eigenvalue weighted by molar-refractivity contribution is 5.93. The van der Waals surface area contributed by atoms with E-state index >= 15 is 0 Å². The van der Waals surface area contributed by atoms with Crippen molar-refractivity contribution in [3.8, 4) is 17.1 Å². The van der Waals surface area contributed by atoms with Gasteiger partial charge in [0, 0.05) is 11.8 Å². The van der Waals surface area contributed by atoms with Gasteiger partial charge in [0.1, 0.15) is 5.56 Å². The summed E-state index contributed by atoms with van der Waals surface area (Å²) in [5, 5.41) is 0. The average molecular weight is 246 g/mol. The zero-order valence-corrected chi connectivity index (χ0v) is 9.51. The fourth-order valence-corrected chi connectivity index (χ4v) is 1.40. The van der Waals surface area contributed by atoms with Crippen molar-refractivity contribution in [1.82, 2.24) is 15.0 Å². The predicted molar refractivity (Wildman–Crippen MR) is 63.2 cm³/mol. The van der Waals surface area contributed by atoms with Gasteiger partial charge in [-0.05, 0) is 6.07 Å². The van der Waals surface area contributed by atoms with Crippen LogP contribution >= 0.6 is 0 Å². The van der Waals surface area contributed by atoms with Crippen LogP contribution in [0.3, 0.4) is 0 Å². The minimum atomic E-state index is -0.797. The molecule has 0 atom stereocenters. The fourth-order valence-electron chi connectivity index (χ4n) is 1.40. The molecule has 0 spiro atoms. The van der Waals surface area contributed by atoms with Gasteiger partial charge in [0.2, 0.25) is 5.88 Å². The van der Waals surface area contributed by atoms with E-state index in [1.165, 1.54) is 31.8 Å². The second kappa shape index (κ2) is 4.66. The van der Waals surface area contributed by atoms with Gasteiger partial charge in [-0.2, -0.15) is 0 Å². The van der Waals surface area contributed by atoms with Gasteiger partial charge >= 0.3 is 0 Å². The van der Waals surface area contributed by atoms with Crippen LogP contribution in [0, 0.1) is 0 Å². The van der Waals surface area contributed by atoms with Crippen molar-refractivity contribution in [2.45, 2.75) is 0 Å². The number of nitrogens with one attached hydrogen (secondary N) is 1. The molecule has 2 rings (SSSR count). The van der Waals surface area contributed by atoms with Crippen LogP contribution in [0.25, 0.3) is 11.3 Å². The lowest BCUT2D eigenvalue weighted by molar-refractivity contribution is 0.0999. The van der Waals surface area contributed by atoms with E-state index in [0.29, 0.717) is 17.1 Å². The lowest BCUT2D eigenvalue weighted by atomic mass is 10.1. The van der Waals surface area contributed by atoms with Gasteiger partial charge in [0.05, 0.1) is 25.2 Å². The standard InChI is InChI=1S/C11H10N4O3/c1-18-9-5-13-4-8(15-9)6-2-7(10(12)16)11(17)14-3-6/h2-5H,1H3,(H2,12,16)(H,14,17). The van der Waals surface area contributed by atoms with Crippen molar-refractivity contribution in [1.29, 1.82) is 0 Å². The third kappa shape index (κ3) is 2.19. The first-order valence-corrected chi connectivity index (χ1v) is 5.00. The molecule has 2 aromatic heterocycles. The summed E-state index contributed by atoms with van der Waals surface area (Å²) in [5.74, 6) is -0.465. The quantitative estimate of drug-likeness (QED) is 0.788. The molecule has 1 amide bonds. The van der Waals surface area contributed by atoms with Gasteiger partial charge in [-0.25, -0.2) is 4.98 Å². The van der Waals surface area contributed by atoms with Crippen molar-refractivity contribution in [2.75, 3.05) is 7.11 Å². The van der Waals surface area contributed by atoms with Crippen LogP contribution in [-0.4, -0.2) is 28.0 Å². The molecule has 0 aromatic carbocycles. The Balaban J connectivity index is 2.54. The SMILES string of the molecule is COc1cncc(-c2c[nH]c(=O)c(C(N)=O)c2)n1. The number of hydrogen-bond donors (Lipinski definition) is 2. The molecule has 0 saturated heterocycles. The maximum Gasteiger partial charge on any atom is 0.260 e. The molecule has 0 radical (unpaired) electrons. The Kier molecular flexibility index (Phi) is 3.05. The number of primary amides is 1. The minimum Gasteiger partial charge on any atom is -0.480 e. The Hall–Kier alpha value is -2.70. The molecule has 0 unspecified atom stereocenters. The largest absolute Gasteiger partial charge is 0.480 e. The lowest BCUT2D eigenvalue weighted by Crippen LogP contribution is -2.23. The number of pyridine rings is 1. The number of carbonyl (C=O) groups is 1. The van der Waals surface area contributed by atoms with Crippen LogP contribution in [-0.2, 0) is 0 Å². The first-order valence-electron chi connectivity index (χ1n) is 5.00. The Morgan fingerprint density at radius 1 is 1.44 bits per heavy atom. The molecular weight excluding hydrogens is 236 g/mol. The number of aromatic nitrogens is 3. The molecule has 0 bridgehead atoms. The normalized spacial score (nSPS) is 10.1. The molecule has 2 heterocycles. The van der Waals surface area contributed by atoms with Crippen molar-refractivity contribution in [2.24, 2.45) is 5.73 Å². The Bertz CT molecular complexity index is 651. The van der Waals surface area contributed by atoms with Crippen molar-refractivity contribution < 1.29 is 9.53 Å². The summed E-state index contributed by atoms with van der Waals surface area (Å²) in [6, 6.07) is 1.37. The topological polar surface area (TPSA) is 111 Å². The Morgan fingerprint density at radius 2 is 2.22 bits per heavy atom. The number of aromatic amines is 1. The minimum absolute atomic E-state index is 0.128. The molecule has 7 heteroatoms. The summed E-state index contributed by atoms with van der Waals surface area (Å²) in [6.45, 7) is 0. The molecule has 7 nitrogen and oxygen atoms in total. The van der Waals surface area contributed by atoms with Gasteiger partial charge in [0.25, 0.3) is 11.5 Å². The van der Waals surface area contributed by atoms with Gasteiger partial charge in [-0.3, -0.25) is 14.6 Å². The summed E-state index contributed by atoms with van der Waals surface area (Å²) < 4.78 is 4.94. The maximum atomic E-state index is 11.4. The first-order chi connectivity index (χ1) is 8.61. The van der Waals surface area contributed by atoms with Gasteiger partial charge in [-0.1, -0.05) is 0 Å². The third-order valence-corrected chi connectivity index (χ3v) is 2.29. The summed E-state index contributed by atoms with van der Waals surface area (Å²) in [6.07, 6.45) is 4.36. The summed E-state index contributed by atoms with van der Waals surface area (Å²) in [4.78, 5) is 32.9. The van der Waals surface area contributed by atoms with E-state index in [1.807, 2.05) is 0 Å². The highest BCUT2D eigenvalue weighted by Crippen LogP contribution is 2.17. The maximum absolute atomic E-state index is 11.4. The molecule has 0 aliphatic carbocycles. The molecule has 0 aliphatic rings. The number of H-pyrrole nitrogens is 1. The average Bonchev–Trinajstić information content (AvgIpc) is 2.39. The monoisotopic (exact) mass is 246 g/mol. The number of carbonyl (C=O) groups excluding carboxylic acids is 1. The summed E-state index contributed by atoms with van der Waals surface area (Å²) >= 11 is 0. The molecule has 3 N–H and O–H groups in total. The van der Waals surface area contributed by atoms with E-state index in [-0.39, 0.29) is 5.56 Å². The van der Waals surface area contributed by atoms with Gasteiger partial charge in [-0.15, -0.1) is 0 Å². The second-order valence-electron chi connectivity index (χ2n) is 3.44. The van der Waals surface area contributed by atoms with Gasteiger partial charge in [0.15, 0.2) is 0 Å². The fraction of sp³-hybridized carbons (Fsp3) is 0.0909. The number of hydrogen-bond acceptors (Lipinski definition) is 5. The Labute approximate surface area is 102 Å². The zero-order chi connectivity index (χ0) is 13.1. The number of amides is 1. The smallest absolute Gasteiger partial charge is 0.260 e. The zero-order valence-electron chi connectivity index (χ0n) is 9.51. The molecule has 2 aromatic rings. The van der Waals surface area contributed by atoms with E-state index in [2.05, 4.69) is 15.0 Å². The number of methoxy groups -OCH3 is 1. The van der Waals surface area contributed by atoms with Crippen LogP contribution < -0.4 is 16.0 Å². The van der Waals surface area contributed by atoms with Crippen molar-refractivity contribution in [3.63, 3.8) is 0 Å². The van der Waals surface area contributed by atoms with Crippen molar-refractivity contribution >= 4 is 5.91 Å². The first kappa shape index (κ1) is 11.8. The van der Waals surface area contributed by atoms with Crippen LogP contribution in [0.15, 0.2) is 29.5 Å². The molecule has 0 fully saturated rings.